The lowest BCUT2D eigenvalue weighted by molar-refractivity contribution is 0.112. The summed E-state index contributed by atoms with van der Waals surface area (Å²) in [5.41, 5.74) is 4.67. The molecule has 0 bridgehead atoms. The third kappa shape index (κ3) is 18.6. The van der Waals surface area contributed by atoms with Gasteiger partial charge in [-0.25, -0.2) is 0 Å². The van der Waals surface area contributed by atoms with Crippen LogP contribution in [0.2, 0.25) is 0 Å². The van der Waals surface area contributed by atoms with Crippen molar-refractivity contribution in [3.05, 3.63) is 60.2 Å². The van der Waals surface area contributed by atoms with E-state index in [1.165, 1.54) is 128 Å². The molecule has 0 unspecified atom stereocenters. The highest BCUT2D eigenvalue weighted by molar-refractivity contribution is 5.89. The minimum absolute atomic E-state index is 0.639. The summed E-state index contributed by atoms with van der Waals surface area (Å²) in [7, 11) is 0. The Balaban J connectivity index is 1.87. The van der Waals surface area contributed by atoms with Gasteiger partial charge < -0.3 is 18.9 Å². The van der Waals surface area contributed by atoms with Crippen LogP contribution in [0.4, 0.5) is 0 Å². The summed E-state index contributed by atoms with van der Waals surface area (Å²) >= 11 is 0. The largest absolute Gasteiger partial charge is 0.490 e. The average Bonchev–Trinajstić information content (AvgIpc) is 3.22. The Morgan fingerprint density at radius 1 is 0.357 bits per heavy atom. The topological polar surface area (TPSA) is 54.0 Å². The van der Waals surface area contributed by atoms with E-state index < -0.39 is 0 Å². The first-order valence-corrected chi connectivity index (χ1v) is 23.0. The van der Waals surface area contributed by atoms with Gasteiger partial charge in [-0.05, 0) is 78.3 Å². The predicted octanol–water partition coefficient (Wildman–Crippen LogP) is 15.8. The quantitative estimate of drug-likeness (QED) is 0.0440. The Hall–Kier alpha value is -3.47. The molecule has 56 heavy (non-hydrogen) atoms. The second-order valence-corrected chi connectivity index (χ2v) is 15.7. The summed E-state index contributed by atoms with van der Waals surface area (Å²) in [5, 5.41) is 0. The maximum absolute atomic E-state index is 12.1. The second-order valence-electron chi connectivity index (χ2n) is 15.7. The molecule has 3 aromatic carbocycles. The summed E-state index contributed by atoms with van der Waals surface area (Å²) in [6, 6.07) is 18.5. The van der Waals surface area contributed by atoms with E-state index in [1.807, 2.05) is 12.1 Å². The molecule has 5 heteroatoms. The van der Waals surface area contributed by atoms with Gasteiger partial charge in [0.1, 0.15) is 6.29 Å². The predicted molar refractivity (Wildman–Crippen MR) is 238 cm³/mol. The van der Waals surface area contributed by atoms with Crippen LogP contribution in [0.15, 0.2) is 54.6 Å². The highest BCUT2D eigenvalue weighted by Crippen LogP contribution is 2.41. The van der Waals surface area contributed by atoms with Crippen molar-refractivity contribution in [2.24, 2.45) is 0 Å². The Kier molecular flexibility index (Phi) is 25.7. The Labute approximate surface area is 342 Å². The fourth-order valence-corrected chi connectivity index (χ4v) is 7.20. The molecule has 0 saturated heterocycles. The second kappa shape index (κ2) is 30.6. The summed E-state index contributed by atoms with van der Waals surface area (Å²) in [6.07, 6.45) is 30.2. The monoisotopic (exact) mass is 771 g/mol. The highest BCUT2D eigenvalue weighted by Gasteiger charge is 2.16. The van der Waals surface area contributed by atoms with Crippen LogP contribution in [0.1, 0.15) is 192 Å². The van der Waals surface area contributed by atoms with Gasteiger partial charge in [0.2, 0.25) is 0 Å². The standard InChI is InChI=1S/C51H78O5/c1-5-9-13-17-21-25-35-53-48-33-30-44(40-50(48)55-37-27-23-19-15-11-7-3)46-32-29-43(42-52)39-47(46)45-31-34-49(54-36-26-22-18-14-10-6-2)51(41-45)56-38-28-24-20-16-12-8-4/h29-34,39-42H,5-28,35-38H2,1-4H3. The van der Waals surface area contributed by atoms with Crippen molar-refractivity contribution in [1.29, 1.82) is 0 Å². The molecule has 0 aromatic heterocycles. The van der Waals surface area contributed by atoms with Gasteiger partial charge >= 0.3 is 0 Å². The molecule has 0 spiro atoms. The molecule has 0 amide bonds. The molecule has 0 aliphatic carbocycles. The number of carbonyl (C=O) groups excluding carboxylic acids is 1. The van der Waals surface area contributed by atoms with Crippen molar-refractivity contribution >= 4 is 6.29 Å². The molecule has 3 rings (SSSR count). The number of benzene rings is 3. The molecule has 0 fully saturated rings. The lowest BCUT2D eigenvalue weighted by Crippen LogP contribution is -2.04. The minimum Gasteiger partial charge on any atom is -0.490 e. The van der Waals surface area contributed by atoms with E-state index in [1.54, 1.807) is 0 Å². The molecule has 0 aliphatic rings. The van der Waals surface area contributed by atoms with Crippen molar-refractivity contribution in [2.75, 3.05) is 26.4 Å². The fourth-order valence-electron chi connectivity index (χ4n) is 7.20. The highest BCUT2D eigenvalue weighted by atomic mass is 16.5. The molecule has 312 valence electrons. The molecule has 0 radical (unpaired) electrons. The van der Waals surface area contributed by atoms with Crippen LogP contribution in [0.3, 0.4) is 0 Å². The number of aldehydes is 1. The van der Waals surface area contributed by atoms with Crippen LogP contribution in [-0.2, 0) is 0 Å². The van der Waals surface area contributed by atoms with Crippen molar-refractivity contribution in [3.63, 3.8) is 0 Å². The molecule has 0 N–H and O–H groups in total. The number of carbonyl (C=O) groups is 1. The van der Waals surface area contributed by atoms with E-state index in [-0.39, 0.29) is 0 Å². The summed E-state index contributed by atoms with van der Waals surface area (Å²) in [6.45, 7) is 11.7. The molecule has 0 aliphatic heterocycles. The van der Waals surface area contributed by atoms with E-state index in [4.69, 9.17) is 18.9 Å². The molecular formula is C51H78O5. The van der Waals surface area contributed by atoms with Gasteiger partial charge in [-0.3, -0.25) is 4.79 Å². The van der Waals surface area contributed by atoms with Gasteiger partial charge in [0.15, 0.2) is 23.0 Å². The number of rotatable bonds is 35. The van der Waals surface area contributed by atoms with Crippen LogP contribution in [0, 0.1) is 0 Å². The van der Waals surface area contributed by atoms with Crippen LogP contribution in [0.5, 0.6) is 23.0 Å². The van der Waals surface area contributed by atoms with Crippen molar-refractivity contribution in [2.45, 2.75) is 182 Å². The van der Waals surface area contributed by atoms with Gasteiger partial charge in [-0.15, -0.1) is 0 Å². The number of unbranched alkanes of at least 4 members (excludes halogenated alkanes) is 20. The van der Waals surface area contributed by atoms with Gasteiger partial charge in [-0.1, -0.05) is 180 Å². The molecule has 0 heterocycles. The van der Waals surface area contributed by atoms with Gasteiger partial charge in [0.25, 0.3) is 0 Å². The molecular weight excluding hydrogens is 693 g/mol. The van der Waals surface area contributed by atoms with Gasteiger partial charge in [0, 0.05) is 5.56 Å². The molecule has 0 saturated carbocycles. The molecule has 5 nitrogen and oxygen atoms in total. The Bertz CT molecular complexity index is 1450. The summed E-state index contributed by atoms with van der Waals surface area (Å²) < 4.78 is 25.7. The Morgan fingerprint density at radius 3 is 1.07 bits per heavy atom. The molecule has 3 aromatic rings. The summed E-state index contributed by atoms with van der Waals surface area (Å²) in [4.78, 5) is 12.1. The van der Waals surface area contributed by atoms with Crippen molar-refractivity contribution in [1.82, 2.24) is 0 Å². The maximum atomic E-state index is 12.1. The lowest BCUT2D eigenvalue weighted by Gasteiger charge is -2.18. The third-order valence-electron chi connectivity index (χ3n) is 10.7. The minimum atomic E-state index is 0.639. The van der Waals surface area contributed by atoms with Crippen molar-refractivity contribution in [3.8, 4) is 45.3 Å². The van der Waals surface area contributed by atoms with Crippen molar-refractivity contribution < 1.29 is 23.7 Å². The first kappa shape index (κ1) is 46.9. The van der Waals surface area contributed by atoms with Crippen LogP contribution < -0.4 is 18.9 Å². The zero-order chi connectivity index (χ0) is 39.9. The lowest BCUT2D eigenvalue weighted by atomic mass is 9.92. The van der Waals surface area contributed by atoms with E-state index in [9.17, 15) is 4.79 Å². The number of hydrogen-bond acceptors (Lipinski definition) is 5. The first-order chi connectivity index (χ1) is 27.6. The van der Waals surface area contributed by atoms with E-state index in [0.29, 0.717) is 32.0 Å². The summed E-state index contributed by atoms with van der Waals surface area (Å²) in [5.74, 6) is 3.15. The molecule has 0 atom stereocenters. The SMILES string of the molecule is CCCCCCCCOc1ccc(-c2ccc(C=O)cc2-c2ccc(OCCCCCCCC)c(OCCCCCCCC)c2)cc1OCCCCCCCC. The zero-order valence-corrected chi connectivity index (χ0v) is 36.1. The van der Waals surface area contributed by atoms with Gasteiger partial charge in [-0.2, -0.15) is 0 Å². The zero-order valence-electron chi connectivity index (χ0n) is 36.1. The van der Waals surface area contributed by atoms with Crippen LogP contribution in [0.25, 0.3) is 22.3 Å². The Morgan fingerprint density at radius 2 is 0.696 bits per heavy atom. The van der Waals surface area contributed by atoms with Crippen LogP contribution >= 0.6 is 0 Å². The van der Waals surface area contributed by atoms with E-state index in [0.717, 1.165) is 77.2 Å². The maximum Gasteiger partial charge on any atom is 0.161 e. The normalized spacial score (nSPS) is 11.1. The first-order valence-electron chi connectivity index (χ1n) is 23.0. The fraction of sp³-hybridized carbons (Fsp3) is 0.627. The van der Waals surface area contributed by atoms with Gasteiger partial charge in [0.05, 0.1) is 26.4 Å². The number of ether oxygens (including phenoxy) is 4. The number of hydrogen-bond donors (Lipinski definition) is 0. The average molecular weight is 771 g/mol. The third-order valence-corrected chi connectivity index (χ3v) is 10.7. The van der Waals surface area contributed by atoms with Crippen LogP contribution in [-0.4, -0.2) is 32.7 Å². The van der Waals surface area contributed by atoms with E-state index in [2.05, 4.69) is 70.2 Å². The van der Waals surface area contributed by atoms with E-state index >= 15 is 0 Å². The smallest absolute Gasteiger partial charge is 0.161 e.